The van der Waals surface area contributed by atoms with Gasteiger partial charge in [-0.1, -0.05) is 48.5 Å². The van der Waals surface area contributed by atoms with E-state index >= 15 is 0 Å². The second-order valence-electron chi connectivity index (χ2n) is 2.35. The first-order valence-corrected chi connectivity index (χ1v) is 3.40. The summed E-state index contributed by atoms with van der Waals surface area (Å²) in [7, 11) is 0. The summed E-state index contributed by atoms with van der Waals surface area (Å²) in [6.45, 7) is 0. The van der Waals surface area contributed by atoms with Gasteiger partial charge in [-0.3, -0.25) is 0 Å². The van der Waals surface area contributed by atoms with Crippen molar-refractivity contribution in [1.29, 1.82) is 0 Å². The van der Waals surface area contributed by atoms with Crippen molar-refractivity contribution < 1.29 is 16.8 Å². The molecular weight excluding hydrogens is 179 g/mol. The Morgan fingerprint density at radius 1 is 0.545 bits per heavy atom. The molecule has 1 heteroatoms. The zero-order chi connectivity index (χ0) is 6.81. The third-order valence-electron chi connectivity index (χ3n) is 1.66. The van der Waals surface area contributed by atoms with E-state index in [0.717, 1.165) is 0 Å². The van der Waals surface area contributed by atoms with Crippen LogP contribution in [0.2, 0.25) is 0 Å². The van der Waals surface area contributed by atoms with E-state index in [1.165, 1.54) is 10.8 Å². The second-order valence-corrected chi connectivity index (χ2v) is 2.35. The van der Waals surface area contributed by atoms with Crippen LogP contribution in [0, 0.1) is 0 Å². The maximum atomic E-state index is 2.12. The molecule has 0 heterocycles. The Labute approximate surface area is 76.4 Å². The number of fused-ring (bicyclic) bond motifs is 1. The smallest absolute Gasteiger partial charge is 0 e. The van der Waals surface area contributed by atoms with Crippen LogP contribution in [0.15, 0.2) is 48.5 Å². The Morgan fingerprint density at radius 2 is 0.818 bits per heavy atom. The molecule has 0 N–H and O–H groups in total. The van der Waals surface area contributed by atoms with E-state index in [1.54, 1.807) is 0 Å². The molecule has 0 bridgehead atoms. The Kier molecular flexibility index (Phi) is 2.68. The van der Waals surface area contributed by atoms with Crippen LogP contribution in [0.5, 0.6) is 0 Å². The van der Waals surface area contributed by atoms with Crippen molar-refractivity contribution in [2.45, 2.75) is 0 Å². The van der Waals surface area contributed by atoms with Crippen molar-refractivity contribution in [2.75, 3.05) is 0 Å². The largest absolute Gasteiger partial charge is 0.0616 e. The minimum Gasteiger partial charge on any atom is -0.0616 e. The monoisotopic (exact) mass is 187 g/mol. The summed E-state index contributed by atoms with van der Waals surface area (Å²) in [5.41, 5.74) is 0. The molecule has 1 radical (unpaired) electrons. The molecule has 0 spiro atoms. The molecule has 0 aliphatic heterocycles. The molecule has 2 aromatic rings. The van der Waals surface area contributed by atoms with Crippen molar-refractivity contribution in [3.8, 4) is 0 Å². The molecule has 0 aliphatic carbocycles. The van der Waals surface area contributed by atoms with E-state index < -0.39 is 0 Å². The van der Waals surface area contributed by atoms with Crippen LogP contribution in [0.4, 0.5) is 0 Å². The van der Waals surface area contributed by atoms with Gasteiger partial charge in [0.2, 0.25) is 0 Å². The molecule has 0 aliphatic rings. The Morgan fingerprint density at radius 3 is 1.09 bits per heavy atom. The minimum atomic E-state index is 0. The van der Waals surface area contributed by atoms with E-state index in [-0.39, 0.29) is 16.8 Å². The van der Waals surface area contributed by atoms with Crippen molar-refractivity contribution in [1.82, 2.24) is 0 Å². The number of rotatable bonds is 0. The Hall–Kier alpha value is -0.794. The third kappa shape index (κ3) is 1.61. The van der Waals surface area contributed by atoms with E-state index in [1.807, 2.05) is 0 Å². The minimum absolute atomic E-state index is 0. The molecule has 2 aromatic carbocycles. The zero-order valence-electron chi connectivity index (χ0n) is 5.95. The van der Waals surface area contributed by atoms with Crippen LogP contribution in [0.25, 0.3) is 10.8 Å². The van der Waals surface area contributed by atoms with E-state index in [0.29, 0.717) is 0 Å². The fourth-order valence-corrected chi connectivity index (χ4v) is 1.13. The molecule has 0 saturated heterocycles. The van der Waals surface area contributed by atoms with E-state index in [4.69, 9.17) is 0 Å². The van der Waals surface area contributed by atoms with Gasteiger partial charge in [-0.2, -0.15) is 0 Å². The third-order valence-corrected chi connectivity index (χ3v) is 1.66. The number of hydrogen-bond donors (Lipinski definition) is 0. The quantitative estimate of drug-likeness (QED) is 0.594. The summed E-state index contributed by atoms with van der Waals surface area (Å²) in [5, 5.41) is 2.62. The van der Waals surface area contributed by atoms with Gasteiger partial charge in [-0.25, -0.2) is 0 Å². The summed E-state index contributed by atoms with van der Waals surface area (Å²) in [6, 6.07) is 16.7. The Bertz CT molecular complexity index is 276. The zero-order valence-corrected chi connectivity index (χ0v) is 6.99. The predicted octanol–water partition coefficient (Wildman–Crippen LogP) is 2.84. The number of hydrogen-bond acceptors (Lipinski definition) is 0. The van der Waals surface area contributed by atoms with Crippen LogP contribution < -0.4 is 0 Å². The molecule has 2 rings (SSSR count). The van der Waals surface area contributed by atoms with Crippen LogP contribution in [-0.2, 0) is 16.8 Å². The summed E-state index contributed by atoms with van der Waals surface area (Å²) < 4.78 is 0. The SMILES string of the molecule is [Co].c1ccc2ccccc2c1. The van der Waals surface area contributed by atoms with Gasteiger partial charge < -0.3 is 0 Å². The molecule has 0 aromatic heterocycles. The summed E-state index contributed by atoms with van der Waals surface area (Å²) in [6.07, 6.45) is 0. The fraction of sp³-hybridized carbons (Fsp3) is 0. The van der Waals surface area contributed by atoms with Crippen LogP contribution in [-0.4, -0.2) is 0 Å². The van der Waals surface area contributed by atoms with Crippen molar-refractivity contribution >= 4 is 10.8 Å². The van der Waals surface area contributed by atoms with Crippen LogP contribution >= 0.6 is 0 Å². The maximum Gasteiger partial charge on any atom is 0 e. The van der Waals surface area contributed by atoms with Gasteiger partial charge in [0.15, 0.2) is 0 Å². The van der Waals surface area contributed by atoms with Gasteiger partial charge in [-0.15, -0.1) is 0 Å². The normalized spacial score (nSPS) is 9.09. The summed E-state index contributed by atoms with van der Waals surface area (Å²) >= 11 is 0. The molecule has 0 amide bonds. The van der Waals surface area contributed by atoms with Crippen molar-refractivity contribution in [3.05, 3.63) is 48.5 Å². The first-order valence-electron chi connectivity index (χ1n) is 3.40. The van der Waals surface area contributed by atoms with Gasteiger partial charge in [0, 0.05) is 16.8 Å². The van der Waals surface area contributed by atoms with Gasteiger partial charge in [-0.05, 0) is 10.8 Å². The second kappa shape index (κ2) is 3.55. The van der Waals surface area contributed by atoms with E-state index in [9.17, 15) is 0 Å². The molecule has 0 unspecified atom stereocenters. The van der Waals surface area contributed by atoms with Gasteiger partial charge >= 0.3 is 0 Å². The number of benzene rings is 2. The fourth-order valence-electron chi connectivity index (χ4n) is 1.13. The molecule has 0 nitrogen and oxygen atoms in total. The topological polar surface area (TPSA) is 0 Å². The average molecular weight is 187 g/mol. The first kappa shape index (κ1) is 8.30. The molecule has 11 heavy (non-hydrogen) atoms. The standard InChI is InChI=1S/C10H8.Co/c1-2-6-10-8-4-3-7-9(10)5-1;/h1-8H;. The van der Waals surface area contributed by atoms with Crippen LogP contribution in [0.1, 0.15) is 0 Å². The molecule has 0 fully saturated rings. The average Bonchev–Trinajstić information content (AvgIpc) is 2.05. The van der Waals surface area contributed by atoms with E-state index in [2.05, 4.69) is 48.5 Å². The molecular formula is C10H8Co. The predicted molar refractivity (Wildman–Crippen MR) is 43.9 cm³/mol. The summed E-state index contributed by atoms with van der Waals surface area (Å²) in [4.78, 5) is 0. The molecule has 0 atom stereocenters. The maximum absolute atomic E-state index is 2.12. The van der Waals surface area contributed by atoms with Gasteiger partial charge in [0.05, 0.1) is 0 Å². The molecule has 0 saturated carbocycles. The summed E-state index contributed by atoms with van der Waals surface area (Å²) in [5.74, 6) is 0. The van der Waals surface area contributed by atoms with Gasteiger partial charge in [0.25, 0.3) is 0 Å². The first-order chi connectivity index (χ1) is 4.97. The van der Waals surface area contributed by atoms with Gasteiger partial charge in [0.1, 0.15) is 0 Å². The van der Waals surface area contributed by atoms with Crippen molar-refractivity contribution in [3.63, 3.8) is 0 Å². The van der Waals surface area contributed by atoms with Crippen LogP contribution in [0.3, 0.4) is 0 Å². The molecule has 57 valence electrons. The Balaban J connectivity index is 0.000000605. The van der Waals surface area contributed by atoms with Crippen molar-refractivity contribution in [2.24, 2.45) is 0 Å².